The smallest absolute Gasteiger partial charge is 0.416 e. The summed E-state index contributed by atoms with van der Waals surface area (Å²) < 4.78 is 47.2. The Morgan fingerprint density at radius 1 is 0.962 bits per heavy atom. The van der Waals surface area contributed by atoms with Crippen LogP contribution in [0.15, 0.2) is 48.5 Å². The number of methoxy groups -OCH3 is 1. The predicted molar refractivity (Wildman–Crippen MR) is 87.1 cm³/mol. The fraction of sp³-hybridized carbons (Fsp3) is 0.222. The first-order valence-corrected chi connectivity index (χ1v) is 7.58. The Labute approximate surface area is 147 Å². The van der Waals surface area contributed by atoms with Gasteiger partial charge in [0.1, 0.15) is 12.4 Å². The molecule has 138 valence electrons. The van der Waals surface area contributed by atoms with Crippen molar-refractivity contribution in [1.82, 2.24) is 5.32 Å². The van der Waals surface area contributed by atoms with Gasteiger partial charge in [0.25, 0.3) is 5.91 Å². The summed E-state index contributed by atoms with van der Waals surface area (Å²) in [6, 6.07) is 10.2. The molecule has 0 heterocycles. The van der Waals surface area contributed by atoms with Crippen LogP contribution in [0.3, 0.4) is 0 Å². The molecule has 1 amide bonds. The Balaban J connectivity index is 1.79. The van der Waals surface area contributed by atoms with Crippen LogP contribution >= 0.6 is 0 Å². The summed E-state index contributed by atoms with van der Waals surface area (Å²) in [5, 5.41) is 2.61. The van der Waals surface area contributed by atoms with Crippen molar-refractivity contribution in [1.29, 1.82) is 0 Å². The van der Waals surface area contributed by atoms with Crippen LogP contribution in [0.25, 0.3) is 0 Å². The highest BCUT2D eigenvalue weighted by Gasteiger charge is 2.29. The molecule has 2 aromatic rings. The number of amides is 1. The average Bonchev–Trinajstić information content (AvgIpc) is 2.64. The van der Waals surface area contributed by atoms with Crippen molar-refractivity contribution in [3.63, 3.8) is 0 Å². The van der Waals surface area contributed by atoms with Gasteiger partial charge in [0.2, 0.25) is 0 Å². The first-order chi connectivity index (χ1) is 12.3. The summed E-state index contributed by atoms with van der Waals surface area (Å²) in [7, 11) is 1.26. The normalized spacial score (nSPS) is 10.9. The molecule has 0 aliphatic heterocycles. The van der Waals surface area contributed by atoms with Crippen molar-refractivity contribution >= 4 is 11.9 Å². The molecule has 0 atom stereocenters. The van der Waals surface area contributed by atoms with E-state index in [1.54, 1.807) is 0 Å². The number of benzene rings is 2. The molecule has 0 bridgehead atoms. The van der Waals surface area contributed by atoms with Gasteiger partial charge in [-0.25, -0.2) is 4.79 Å². The van der Waals surface area contributed by atoms with E-state index in [1.807, 2.05) is 0 Å². The highest BCUT2D eigenvalue weighted by atomic mass is 19.4. The topological polar surface area (TPSA) is 64.6 Å². The summed E-state index contributed by atoms with van der Waals surface area (Å²) in [6.45, 7) is 0.260. The van der Waals surface area contributed by atoms with Gasteiger partial charge in [-0.05, 0) is 48.5 Å². The van der Waals surface area contributed by atoms with Crippen LogP contribution in [-0.4, -0.2) is 32.1 Å². The summed E-state index contributed by atoms with van der Waals surface area (Å²) in [4.78, 5) is 23.3. The van der Waals surface area contributed by atoms with E-state index in [1.165, 1.54) is 43.5 Å². The maximum absolute atomic E-state index is 12.5. The number of alkyl halides is 3. The average molecular weight is 367 g/mol. The lowest BCUT2D eigenvalue weighted by atomic mass is 10.1. The predicted octanol–water partition coefficient (Wildman–Crippen LogP) is 3.30. The third-order valence-corrected chi connectivity index (χ3v) is 3.41. The highest BCUT2D eigenvalue weighted by molar-refractivity contribution is 5.96. The highest BCUT2D eigenvalue weighted by Crippen LogP contribution is 2.30. The zero-order valence-corrected chi connectivity index (χ0v) is 13.8. The molecule has 2 aromatic carbocycles. The van der Waals surface area contributed by atoms with E-state index in [0.29, 0.717) is 11.1 Å². The van der Waals surface area contributed by atoms with Crippen molar-refractivity contribution in [2.75, 3.05) is 20.3 Å². The van der Waals surface area contributed by atoms with Gasteiger partial charge in [-0.15, -0.1) is 0 Å². The van der Waals surface area contributed by atoms with E-state index in [4.69, 9.17) is 4.74 Å². The molecule has 0 aliphatic carbocycles. The molecular formula is C18H16F3NO4. The summed E-state index contributed by atoms with van der Waals surface area (Å²) in [6.07, 6.45) is -4.39. The molecule has 1 N–H and O–H groups in total. The van der Waals surface area contributed by atoms with Crippen molar-refractivity contribution in [2.45, 2.75) is 6.18 Å². The van der Waals surface area contributed by atoms with E-state index in [9.17, 15) is 22.8 Å². The molecule has 0 radical (unpaired) electrons. The fourth-order valence-electron chi connectivity index (χ4n) is 2.05. The molecule has 8 heteroatoms. The second-order valence-corrected chi connectivity index (χ2v) is 5.20. The van der Waals surface area contributed by atoms with Crippen LogP contribution in [0, 0.1) is 0 Å². The molecule has 0 fully saturated rings. The molecule has 0 aromatic heterocycles. The molecule has 0 saturated carbocycles. The maximum Gasteiger partial charge on any atom is 0.416 e. The second-order valence-electron chi connectivity index (χ2n) is 5.20. The lowest BCUT2D eigenvalue weighted by molar-refractivity contribution is -0.137. The van der Waals surface area contributed by atoms with Crippen molar-refractivity contribution in [2.24, 2.45) is 0 Å². The largest absolute Gasteiger partial charge is 0.492 e. The SMILES string of the molecule is COC(=O)c1ccc(C(=O)NCCOc2ccc(C(F)(F)F)cc2)cc1. The molecule has 0 aliphatic rings. The first-order valence-electron chi connectivity index (χ1n) is 7.58. The molecule has 0 saturated heterocycles. The maximum atomic E-state index is 12.5. The Morgan fingerprint density at radius 2 is 1.54 bits per heavy atom. The Bertz CT molecular complexity index is 756. The third-order valence-electron chi connectivity index (χ3n) is 3.41. The molecule has 5 nitrogen and oxygen atoms in total. The second kappa shape index (κ2) is 8.37. The minimum Gasteiger partial charge on any atom is -0.492 e. The summed E-state index contributed by atoms with van der Waals surface area (Å²) in [5.41, 5.74) is -0.0737. The van der Waals surface area contributed by atoms with Gasteiger partial charge in [-0.3, -0.25) is 4.79 Å². The molecule has 0 unspecified atom stereocenters. The van der Waals surface area contributed by atoms with Crippen molar-refractivity contribution in [3.8, 4) is 5.75 Å². The minimum atomic E-state index is -4.39. The van der Waals surface area contributed by atoms with Gasteiger partial charge in [0.15, 0.2) is 0 Å². The van der Waals surface area contributed by atoms with Crippen molar-refractivity contribution < 1.29 is 32.2 Å². The van der Waals surface area contributed by atoms with E-state index in [-0.39, 0.29) is 24.8 Å². The van der Waals surface area contributed by atoms with Gasteiger partial charge < -0.3 is 14.8 Å². The van der Waals surface area contributed by atoms with Crippen molar-refractivity contribution in [3.05, 3.63) is 65.2 Å². The number of esters is 1. The van der Waals surface area contributed by atoms with Gasteiger partial charge >= 0.3 is 12.1 Å². The number of carbonyl (C=O) groups excluding carboxylic acids is 2. The summed E-state index contributed by atoms with van der Waals surface area (Å²) >= 11 is 0. The number of halogens is 3. The Morgan fingerprint density at radius 3 is 2.08 bits per heavy atom. The number of hydrogen-bond donors (Lipinski definition) is 1. The van der Waals surface area contributed by atoms with Gasteiger partial charge in [0, 0.05) is 5.56 Å². The number of carbonyl (C=O) groups is 2. The van der Waals surface area contributed by atoms with Crippen LogP contribution in [0.1, 0.15) is 26.3 Å². The van der Waals surface area contributed by atoms with Gasteiger partial charge in [-0.2, -0.15) is 13.2 Å². The van der Waals surface area contributed by atoms with Crippen LogP contribution in [-0.2, 0) is 10.9 Å². The number of nitrogens with one attached hydrogen (secondary N) is 1. The first kappa shape index (κ1) is 19.3. The van der Waals surface area contributed by atoms with Gasteiger partial charge in [0.05, 0.1) is 24.8 Å². The van der Waals surface area contributed by atoms with E-state index < -0.39 is 17.7 Å². The third kappa shape index (κ3) is 5.23. The molecule has 0 spiro atoms. The van der Waals surface area contributed by atoms with Gasteiger partial charge in [-0.1, -0.05) is 0 Å². The summed E-state index contributed by atoms with van der Waals surface area (Å²) in [5.74, 6) is -0.589. The molecule has 26 heavy (non-hydrogen) atoms. The van der Waals surface area contributed by atoms with Crippen LogP contribution in [0.4, 0.5) is 13.2 Å². The lowest BCUT2D eigenvalue weighted by Crippen LogP contribution is -2.28. The Hall–Kier alpha value is -3.03. The molecule has 2 rings (SSSR count). The fourth-order valence-corrected chi connectivity index (χ4v) is 2.05. The van der Waals surface area contributed by atoms with Crippen LogP contribution in [0.5, 0.6) is 5.75 Å². The van der Waals surface area contributed by atoms with E-state index in [2.05, 4.69) is 10.1 Å². The van der Waals surface area contributed by atoms with E-state index >= 15 is 0 Å². The zero-order valence-electron chi connectivity index (χ0n) is 13.8. The monoisotopic (exact) mass is 367 g/mol. The van der Waals surface area contributed by atoms with E-state index in [0.717, 1.165) is 12.1 Å². The zero-order chi connectivity index (χ0) is 19.2. The quantitative estimate of drug-likeness (QED) is 0.629. The minimum absolute atomic E-state index is 0.0946. The van der Waals surface area contributed by atoms with Crippen LogP contribution < -0.4 is 10.1 Å². The standard InChI is InChI=1S/C18H16F3NO4/c1-25-17(24)13-4-2-12(3-5-13)16(23)22-10-11-26-15-8-6-14(7-9-15)18(19,20)21/h2-9H,10-11H2,1H3,(H,22,23). The lowest BCUT2D eigenvalue weighted by Gasteiger charge is -2.10. The van der Waals surface area contributed by atoms with Crippen LogP contribution in [0.2, 0.25) is 0 Å². The number of rotatable bonds is 6. The molecular weight excluding hydrogens is 351 g/mol. The number of hydrogen-bond acceptors (Lipinski definition) is 4. The number of ether oxygens (including phenoxy) is 2. The Kier molecular flexibility index (Phi) is 6.21.